The first-order chi connectivity index (χ1) is 6.59. The van der Waals surface area contributed by atoms with E-state index in [1.54, 1.807) is 6.07 Å². The van der Waals surface area contributed by atoms with Gasteiger partial charge in [-0.15, -0.1) is 12.6 Å². The minimum absolute atomic E-state index is 0. The highest BCUT2D eigenvalue weighted by Crippen LogP contribution is 2.13. The molecule has 0 spiro atoms. The fraction of sp³-hybridized carbons (Fsp3) is 0.125. The van der Waals surface area contributed by atoms with Crippen LogP contribution in [0.15, 0.2) is 17.3 Å². The number of primary amides is 1. The number of nitrogens with zero attached hydrogens (tertiary/aromatic N) is 3. The minimum Gasteiger partial charge on any atom is -0.365 e. The number of nitrogens with two attached hydrogens (primary N) is 1. The van der Waals surface area contributed by atoms with Gasteiger partial charge in [-0.05, 0) is 13.0 Å². The van der Waals surface area contributed by atoms with Crippen molar-refractivity contribution in [3.8, 4) is 0 Å². The van der Waals surface area contributed by atoms with Crippen molar-refractivity contribution in [1.82, 2.24) is 20.7 Å². The average molecular weight is 225 g/mol. The summed E-state index contributed by atoms with van der Waals surface area (Å²) in [4.78, 5) is 15.2. The van der Waals surface area contributed by atoms with E-state index in [-0.39, 0.29) is 6.15 Å². The van der Waals surface area contributed by atoms with Gasteiger partial charge in [0.2, 0.25) is 0 Å². The van der Waals surface area contributed by atoms with Crippen LogP contribution in [-0.2, 0) is 0 Å². The van der Waals surface area contributed by atoms with E-state index in [0.29, 0.717) is 16.2 Å². The fourth-order valence-corrected chi connectivity index (χ4v) is 1.57. The number of amides is 1. The molecule has 7 heteroatoms. The Balaban J connectivity index is 0.00000112. The highest BCUT2D eigenvalue weighted by Gasteiger charge is 2.12. The molecule has 80 valence electrons. The van der Waals surface area contributed by atoms with Crippen LogP contribution >= 0.6 is 12.6 Å². The quantitative estimate of drug-likeness (QED) is 0.487. The van der Waals surface area contributed by atoms with Crippen molar-refractivity contribution in [2.75, 3.05) is 0 Å². The first-order valence-electron chi connectivity index (χ1n) is 3.94. The Labute approximate surface area is 91.5 Å². The molecule has 15 heavy (non-hydrogen) atoms. The monoisotopic (exact) mass is 225 g/mol. The summed E-state index contributed by atoms with van der Waals surface area (Å²) in [6, 6.07) is 1.76. The second-order valence-electron chi connectivity index (χ2n) is 2.91. The van der Waals surface area contributed by atoms with E-state index in [4.69, 9.17) is 5.73 Å². The highest BCUT2D eigenvalue weighted by atomic mass is 32.1. The lowest BCUT2D eigenvalue weighted by Gasteiger charge is -1.99. The van der Waals surface area contributed by atoms with Crippen molar-refractivity contribution in [3.63, 3.8) is 0 Å². The Morgan fingerprint density at radius 3 is 2.87 bits per heavy atom. The van der Waals surface area contributed by atoms with Crippen LogP contribution < -0.4 is 11.9 Å². The predicted octanol–water partition coefficient (Wildman–Crippen LogP) is 0.587. The lowest BCUT2D eigenvalue weighted by atomic mass is 10.3. The maximum Gasteiger partial charge on any atom is 0.254 e. The topological polar surface area (TPSA) is 108 Å². The SMILES string of the molecule is Cc1cc(S)n2ncc(C(N)=O)c2n1.N. The molecular formula is C8H11N5OS. The van der Waals surface area contributed by atoms with Gasteiger partial charge in [-0.25, -0.2) is 9.50 Å². The normalized spacial score (nSPS) is 10.0. The Bertz CT molecular complexity index is 521. The van der Waals surface area contributed by atoms with Crippen LogP contribution in [0.3, 0.4) is 0 Å². The van der Waals surface area contributed by atoms with Gasteiger partial charge in [-0.1, -0.05) is 0 Å². The van der Waals surface area contributed by atoms with Crippen molar-refractivity contribution < 1.29 is 4.79 Å². The molecule has 6 nitrogen and oxygen atoms in total. The molecule has 2 aromatic rings. The van der Waals surface area contributed by atoms with Gasteiger partial charge in [-0.2, -0.15) is 5.10 Å². The van der Waals surface area contributed by atoms with Crippen LogP contribution in [0, 0.1) is 6.92 Å². The van der Waals surface area contributed by atoms with Crippen LogP contribution in [0.5, 0.6) is 0 Å². The molecule has 1 amide bonds. The van der Waals surface area contributed by atoms with Gasteiger partial charge in [0.1, 0.15) is 5.56 Å². The summed E-state index contributed by atoms with van der Waals surface area (Å²) < 4.78 is 1.47. The second kappa shape index (κ2) is 3.87. The molecule has 0 saturated carbocycles. The van der Waals surface area contributed by atoms with Crippen LogP contribution in [0.1, 0.15) is 16.1 Å². The van der Waals surface area contributed by atoms with Crippen molar-refractivity contribution in [2.45, 2.75) is 11.9 Å². The van der Waals surface area contributed by atoms with Gasteiger partial charge in [0.15, 0.2) is 5.65 Å². The van der Waals surface area contributed by atoms with E-state index in [9.17, 15) is 4.79 Å². The van der Waals surface area contributed by atoms with E-state index in [2.05, 4.69) is 22.7 Å². The molecule has 5 N–H and O–H groups in total. The number of thiol groups is 1. The molecule has 0 radical (unpaired) electrons. The van der Waals surface area contributed by atoms with Gasteiger partial charge in [0.25, 0.3) is 5.91 Å². The number of hydrogen-bond acceptors (Lipinski definition) is 5. The molecule has 0 bridgehead atoms. The standard InChI is InChI=1S/C8H8N4OS.H3N/c1-4-2-6(14)12-8(11-4)5(3-10-12)7(9)13;/h2-3,14H,1H3,(H2,9,13);1H3. The molecule has 2 rings (SSSR count). The molecule has 0 fully saturated rings. The Morgan fingerprint density at radius 2 is 2.27 bits per heavy atom. The molecule has 0 aliphatic heterocycles. The number of carbonyl (C=O) groups is 1. The highest BCUT2D eigenvalue weighted by molar-refractivity contribution is 7.80. The van der Waals surface area contributed by atoms with E-state index in [0.717, 1.165) is 5.69 Å². The van der Waals surface area contributed by atoms with Crippen molar-refractivity contribution in [2.24, 2.45) is 5.73 Å². The Kier molecular flexibility index (Phi) is 2.96. The van der Waals surface area contributed by atoms with Crippen molar-refractivity contribution in [3.05, 3.63) is 23.5 Å². The van der Waals surface area contributed by atoms with Gasteiger partial charge in [0.05, 0.1) is 11.2 Å². The molecule has 0 unspecified atom stereocenters. The van der Waals surface area contributed by atoms with E-state index < -0.39 is 5.91 Å². The molecule has 0 atom stereocenters. The Morgan fingerprint density at radius 1 is 1.60 bits per heavy atom. The summed E-state index contributed by atoms with van der Waals surface area (Å²) in [6.07, 6.45) is 1.39. The lowest BCUT2D eigenvalue weighted by molar-refractivity contribution is 0.100. The zero-order valence-electron chi connectivity index (χ0n) is 8.14. The number of aromatic nitrogens is 3. The molecular weight excluding hydrogens is 214 g/mol. The maximum absolute atomic E-state index is 11.0. The third-order valence-corrected chi connectivity index (χ3v) is 2.17. The average Bonchev–Trinajstić information content (AvgIpc) is 2.47. The summed E-state index contributed by atoms with van der Waals surface area (Å²) in [6.45, 7) is 1.82. The molecule has 0 aliphatic rings. The summed E-state index contributed by atoms with van der Waals surface area (Å²) >= 11 is 4.21. The number of fused-ring (bicyclic) bond motifs is 1. The maximum atomic E-state index is 11.0. The van der Waals surface area contributed by atoms with Crippen LogP contribution in [-0.4, -0.2) is 20.5 Å². The smallest absolute Gasteiger partial charge is 0.254 e. The first-order valence-corrected chi connectivity index (χ1v) is 4.38. The van der Waals surface area contributed by atoms with E-state index >= 15 is 0 Å². The molecule has 0 saturated heterocycles. The van der Waals surface area contributed by atoms with Gasteiger partial charge >= 0.3 is 0 Å². The van der Waals surface area contributed by atoms with E-state index in [1.165, 1.54) is 10.7 Å². The fourth-order valence-electron chi connectivity index (χ4n) is 1.24. The zero-order valence-corrected chi connectivity index (χ0v) is 9.03. The van der Waals surface area contributed by atoms with E-state index in [1.807, 2.05) is 6.92 Å². The predicted molar refractivity (Wildman–Crippen MR) is 58.5 cm³/mol. The second-order valence-corrected chi connectivity index (χ2v) is 3.37. The van der Waals surface area contributed by atoms with Gasteiger partial charge in [0, 0.05) is 5.69 Å². The van der Waals surface area contributed by atoms with Crippen LogP contribution in [0.4, 0.5) is 0 Å². The number of carbonyl (C=O) groups excluding carboxylic acids is 1. The minimum atomic E-state index is -0.536. The molecule has 0 aromatic carbocycles. The third kappa shape index (κ3) is 1.79. The first kappa shape index (κ1) is 11.5. The van der Waals surface area contributed by atoms with Crippen LogP contribution in [0.2, 0.25) is 0 Å². The van der Waals surface area contributed by atoms with Gasteiger partial charge in [-0.3, -0.25) is 4.79 Å². The third-order valence-electron chi connectivity index (χ3n) is 1.85. The van der Waals surface area contributed by atoms with Gasteiger partial charge < -0.3 is 11.9 Å². The summed E-state index contributed by atoms with van der Waals surface area (Å²) in [5.41, 5.74) is 6.69. The Hall–Kier alpha value is -1.60. The molecule has 0 aliphatic carbocycles. The molecule has 2 aromatic heterocycles. The summed E-state index contributed by atoms with van der Waals surface area (Å²) in [7, 11) is 0. The number of hydrogen-bond donors (Lipinski definition) is 3. The largest absolute Gasteiger partial charge is 0.365 e. The number of rotatable bonds is 1. The summed E-state index contributed by atoms with van der Waals surface area (Å²) in [5.74, 6) is -0.536. The van der Waals surface area contributed by atoms with Crippen molar-refractivity contribution >= 4 is 24.2 Å². The van der Waals surface area contributed by atoms with Crippen LogP contribution in [0.25, 0.3) is 5.65 Å². The molecule has 2 heterocycles. The number of aryl methyl sites for hydroxylation is 1. The summed E-state index contributed by atoms with van der Waals surface area (Å²) in [5, 5.41) is 4.58. The van der Waals surface area contributed by atoms with Crippen molar-refractivity contribution in [1.29, 1.82) is 0 Å². The zero-order chi connectivity index (χ0) is 10.3. The lowest BCUT2D eigenvalue weighted by Crippen LogP contribution is -2.11.